The highest BCUT2D eigenvalue weighted by Crippen LogP contribution is 2.18. The number of aliphatic carboxylic acids is 1. The summed E-state index contributed by atoms with van der Waals surface area (Å²) in [7, 11) is -3.87. The largest absolute Gasteiger partial charge is 0.542 e. The molecule has 0 heterocycles. The summed E-state index contributed by atoms with van der Waals surface area (Å²) in [4.78, 5) is 20.9. The van der Waals surface area contributed by atoms with Crippen molar-refractivity contribution in [3.8, 4) is 0 Å². The quantitative estimate of drug-likeness (QED) is 0.266. The van der Waals surface area contributed by atoms with Crippen LogP contribution in [0.2, 0.25) is 0 Å². The maximum absolute atomic E-state index is 12.4. The number of anilines is 1. The molecule has 180 valence electrons. The number of amidine groups is 1. The van der Waals surface area contributed by atoms with Crippen LogP contribution in [0.15, 0.2) is 71.6 Å². The van der Waals surface area contributed by atoms with Gasteiger partial charge in [0.25, 0.3) is 5.84 Å². The lowest BCUT2D eigenvalue weighted by Crippen LogP contribution is -2.46. The monoisotopic (exact) mass is 496 g/mol. The van der Waals surface area contributed by atoms with Crippen molar-refractivity contribution in [3.05, 3.63) is 72.3 Å². The van der Waals surface area contributed by atoms with Gasteiger partial charge >= 0.3 is 6.18 Å². The number of alkyl halides is 3. The highest BCUT2D eigenvalue weighted by atomic mass is 32.2. The van der Waals surface area contributed by atoms with Gasteiger partial charge in [0, 0.05) is 5.69 Å². The third-order valence-corrected chi connectivity index (χ3v) is 5.56. The molecular formula is C21H19F3N4O5S. The average Bonchev–Trinajstić information content (AvgIpc) is 2.77. The van der Waals surface area contributed by atoms with Crippen molar-refractivity contribution in [3.63, 3.8) is 0 Å². The summed E-state index contributed by atoms with van der Waals surface area (Å²) in [6, 6.07) is 19.1. The number of carbonyl (C=O) groups excluding carboxylic acids is 2. The molecule has 13 heteroatoms. The van der Waals surface area contributed by atoms with Gasteiger partial charge in [-0.2, -0.15) is 13.2 Å². The first kappa shape index (κ1) is 26.3. The number of nitrogens with two attached hydrogens (primary N) is 2. The first-order valence-electron chi connectivity index (χ1n) is 9.34. The maximum Gasteiger partial charge on any atom is 0.430 e. The van der Waals surface area contributed by atoms with Gasteiger partial charge in [-0.3, -0.25) is 15.9 Å². The van der Waals surface area contributed by atoms with Gasteiger partial charge in [-0.05, 0) is 41.1 Å². The number of carboxylic acid groups (broad SMARTS) is 1. The van der Waals surface area contributed by atoms with Crippen LogP contribution in [0.1, 0.15) is 5.56 Å². The van der Waals surface area contributed by atoms with Crippen molar-refractivity contribution in [1.82, 2.24) is 4.72 Å². The Morgan fingerprint density at radius 1 is 0.971 bits per heavy atom. The number of fused-ring (bicyclic) bond motifs is 1. The van der Waals surface area contributed by atoms with Crippen LogP contribution in [-0.2, 0) is 19.6 Å². The second kappa shape index (κ2) is 10.8. The Kier molecular flexibility index (Phi) is 8.32. The number of hydrogen-bond acceptors (Lipinski definition) is 5. The second-order valence-corrected chi connectivity index (χ2v) is 8.47. The topological polar surface area (TPSA) is 167 Å². The van der Waals surface area contributed by atoms with E-state index in [9.17, 15) is 26.4 Å². The number of carboxylic acids is 1. The second-order valence-electron chi connectivity index (χ2n) is 6.70. The van der Waals surface area contributed by atoms with Crippen molar-refractivity contribution in [2.75, 3.05) is 11.9 Å². The van der Waals surface area contributed by atoms with Crippen LogP contribution < -0.4 is 26.3 Å². The number of sulfonamides is 1. The predicted molar refractivity (Wildman–Crippen MR) is 115 cm³/mol. The number of hydrogen-bond donors (Lipinski definition) is 4. The number of carbonyl (C=O) groups is 2. The van der Waals surface area contributed by atoms with Crippen LogP contribution in [0, 0.1) is 0 Å². The molecule has 0 atom stereocenters. The van der Waals surface area contributed by atoms with Crippen molar-refractivity contribution >= 4 is 44.2 Å². The standard InChI is InChI=1S/C19H18N4O3S.C2HF3O2/c20-19(21)15-6-3-7-17(11-15)27(25,26)22-12-18(24)23-16-9-8-13-4-1-2-5-14(13)10-16;3-2(4,5)1(6)7/h1-11,22H,12H2,(H3,20,21)(H,23,24);(H,6,7). The van der Waals surface area contributed by atoms with Gasteiger partial charge in [0.05, 0.1) is 17.0 Å². The van der Waals surface area contributed by atoms with Crippen LogP contribution in [-0.4, -0.2) is 38.9 Å². The van der Waals surface area contributed by atoms with E-state index in [1.165, 1.54) is 18.2 Å². The number of nitrogens with one attached hydrogen (secondary N) is 2. The highest BCUT2D eigenvalue weighted by molar-refractivity contribution is 7.89. The molecule has 0 bridgehead atoms. The van der Waals surface area contributed by atoms with E-state index in [0.717, 1.165) is 10.8 Å². The lowest BCUT2D eigenvalue weighted by molar-refractivity contribution is -0.344. The number of halogens is 3. The van der Waals surface area contributed by atoms with Crippen molar-refractivity contribution in [2.24, 2.45) is 5.73 Å². The fourth-order valence-electron chi connectivity index (χ4n) is 2.56. The first-order chi connectivity index (χ1) is 15.8. The van der Waals surface area contributed by atoms with E-state index in [4.69, 9.17) is 21.0 Å². The summed E-state index contributed by atoms with van der Waals surface area (Å²) >= 11 is 0. The molecule has 3 aromatic carbocycles. The van der Waals surface area contributed by atoms with Gasteiger partial charge in [-0.15, -0.1) is 0 Å². The van der Waals surface area contributed by atoms with E-state index in [1.807, 2.05) is 36.4 Å². The molecule has 3 rings (SSSR count). The van der Waals surface area contributed by atoms with Gasteiger partial charge in [0.1, 0.15) is 5.97 Å². The molecule has 0 saturated carbocycles. The van der Waals surface area contributed by atoms with Crippen LogP contribution in [0.5, 0.6) is 0 Å². The zero-order valence-electron chi connectivity index (χ0n) is 17.3. The van der Waals surface area contributed by atoms with Gasteiger partial charge in [0.2, 0.25) is 15.9 Å². The lowest BCUT2D eigenvalue weighted by Gasteiger charge is -2.09. The summed E-state index contributed by atoms with van der Waals surface area (Å²) in [6.45, 7) is -0.402. The third kappa shape index (κ3) is 7.56. The van der Waals surface area contributed by atoms with Crippen LogP contribution in [0.3, 0.4) is 0 Å². The molecule has 0 unspecified atom stereocenters. The Morgan fingerprint density at radius 3 is 2.18 bits per heavy atom. The van der Waals surface area contributed by atoms with E-state index in [0.29, 0.717) is 11.3 Å². The molecule has 0 radical (unpaired) electrons. The minimum absolute atomic E-state index is 0.0149. The lowest BCUT2D eigenvalue weighted by atomic mass is 10.1. The Morgan fingerprint density at radius 2 is 1.59 bits per heavy atom. The van der Waals surface area contributed by atoms with Crippen LogP contribution in [0.4, 0.5) is 18.9 Å². The molecule has 0 aliphatic heterocycles. The minimum Gasteiger partial charge on any atom is -0.542 e. The van der Waals surface area contributed by atoms with Gasteiger partial charge in [-0.25, -0.2) is 13.1 Å². The van der Waals surface area contributed by atoms with E-state index in [1.54, 1.807) is 12.1 Å². The Bertz CT molecular complexity index is 1330. The molecule has 0 aliphatic rings. The number of amides is 1. The average molecular weight is 496 g/mol. The van der Waals surface area contributed by atoms with Gasteiger partial charge in [-0.1, -0.05) is 36.4 Å². The molecule has 34 heavy (non-hydrogen) atoms. The zero-order valence-corrected chi connectivity index (χ0v) is 18.1. The Labute approximate surface area is 192 Å². The van der Waals surface area contributed by atoms with Crippen LogP contribution >= 0.6 is 0 Å². The van der Waals surface area contributed by atoms with E-state index >= 15 is 0 Å². The highest BCUT2D eigenvalue weighted by Gasteiger charge is 2.28. The summed E-state index contributed by atoms with van der Waals surface area (Å²) in [5.41, 5.74) is 6.48. The molecule has 9 nitrogen and oxygen atoms in total. The summed E-state index contributed by atoms with van der Waals surface area (Å²) in [5, 5.41) is 19.0. The fraction of sp³-hybridized carbons (Fsp3) is 0.0952. The molecule has 0 aromatic heterocycles. The number of rotatable bonds is 6. The smallest absolute Gasteiger partial charge is 0.430 e. The zero-order chi connectivity index (χ0) is 25.5. The molecule has 1 amide bonds. The van der Waals surface area contributed by atoms with E-state index < -0.39 is 34.6 Å². The van der Waals surface area contributed by atoms with E-state index in [-0.39, 0.29) is 10.7 Å². The Hall–Kier alpha value is -3.97. The summed E-state index contributed by atoms with van der Waals surface area (Å²) < 4.78 is 58.5. The molecule has 0 fully saturated rings. The van der Waals surface area contributed by atoms with Crippen molar-refractivity contribution in [2.45, 2.75) is 11.1 Å². The molecule has 6 N–H and O–H groups in total. The molecule has 0 aliphatic carbocycles. The normalized spacial score (nSPS) is 11.3. The fourth-order valence-corrected chi connectivity index (χ4v) is 3.59. The summed E-state index contributed by atoms with van der Waals surface area (Å²) in [5.74, 6) is -3.47. The van der Waals surface area contributed by atoms with E-state index in [2.05, 4.69) is 10.0 Å². The molecule has 0 saturated heterocycles. The Balaban J connectivity index is 0.000000509. The van der Waals surface area contributed by atoms with Crippen LogP contribution in [0.25, 0.3) is 10.8 Å². The van der Waals surface area contributed by atoms with Crippen molar-refractivity contribution in [1.29, 1.82) is 0 Å². The van der Waals surface area contributed by atoms with Gasteiger partial charge < -0.3 is 15.2 Å². The third-order valence-electron chi connectivity index (χ3n) is 4.17. The summed E-state index contributed by atoms with van der Waals surface area (Å²) in [6.07, 6.45) is -5.19. The first-order valence-corrected chi connectivity index (χ1v) is 10.8. The predicted octanol–water partition coefficient (Wildman–Crippen LogP) is -0.480. The minimum atomic E-state index is -5.19. The molecule has 3 aromatic rings. The maximum atomic E-state index is 12.4. The molecule has 0 spiro atoms. The van der Waals surface area contributed by atoms with Crippen molar-refractivity contribution < 1.29 is 41.7 Å². The molecular weight excluding hydrogens is 477 g/mol. The number of benzene rings is 3. The SMILES string of the molecule is NC(=[NH2+])c1cccc(S(=O)(=O)NCC(=O)Nc2ccc3ccccc3c2)c1.O=C([O-])C(F)(F)F. The van der Waals surface area contributed by atoms with Gasteiger partial charge in [0.15, 0.2) is 0 Å².